The van der Waals surface area contributed by atoms with E-state index in [1.165, 1.54) is 31.4 Å². The molecule has 0 spiro atoms. The van der Waals surface area contributed by atoms with Gasteiger partial charge >= 0.3 is 0 Å². The van der Waals surface area contributed by atoms with E-state index in [4.69, 9.17) is 12.2 Å². The van der Waals surface area contributed by atoms with Crippen LogP contribution < -0.4 is 15.5 Å². The van der Waals surface area contributed by atoms with Crippen LogP contribution in [0.5, 0.6) is 0 Å². The Morgan fingerprint density at radius 2 is 2.04 bits per heavy atom. The first kappa shape index (κ1) is 17.6. The molecule has 2 heterocycles. The number of pyridine rings is 1. The van der Waals surface area contributed by atoms with Crippen molar-refractivity contribution in [3.8, 4) is 0 Å². The molecule has 2 aromatic rings. The van der Waals surface area contributed by atoms with Gasteiger partial charge in [-0.2, -0.15) is 0 Å². The summed E-state index contributed by atoms with van der Waals surface area (Å²) in [6.07, 6.45) is 5.55. The first-order valence-corrected chi connectivity index (χ1v) is 9.04. The van der Waals surface area contributed by atoms with Crippen LogP contribution in [-0.2, 0) is 6.54 Å². The molecular formula is C19H23FN4S. The number of aromatic nitrogens is 1. The number of anilines is 2. The van der Waals surface area contributed by atoms with Crippen molar-refractivity contribution in [1.82, 2.24) is 10.3 Å². The van der Waals surface area contributed by atoms with Crippen LogP contribution in [0.4, 0.5) is 15.9 Å². The van der Waals surface area contributed by atoms with Crippen molar-refractivity contribution < 1.29 is 4.39 Å². The molecule has 2 N–H and O–H groups in total. The van der Waals surface area contributed by atoms with Crippen LogP contribution in [0.2, 0.25) is 0 Å². The maximum atomic E-state index is 12.9. The van der Waals surface area contributed by atoms with E-state index in [2.05, 4.69) is 27.4 Å². The van der Waals surface area contributed by atoms with E-state index in [0.29, 0.717) is 17.7 Å². The summed E-state index contributed by atoms with van der Waals surface area (Å²) in [7, 11) is 0. The van der Waals surface area contributed by atoms with Crippen molar-refractivity contribution in [3.05, 3.63) is 54.0 Å². The molecule has 0 bridgehead atoms. The first-order chi connectivity index (χ1) is 12.1. The molecule has 1 saturated heterocycles. The van der Waals surface area contributed by atoms with E-state index >= 15 is 0 Å². The van der Waals surface area contributed by atoms with Crippen LogP contribution in [0.3, 0.4) is 0 Å². The molecular weight excluding hydrogens is 335 g/mol. The van der Waals surface area contributed by atoms with Gasteiger partial charge in [-0.1, -0.05) is 12.1 Å². The number of piperidine rings is 1. The van der Waals surface area contributed by atoms with Gasteiger partial charge in [-0.3, -0.25) is 0 Å². The second kappa shape index (κ2) is 8.25. The first-order valence-electron chi connectivity index (χ1n) is 8.64. The largest absolute Gasteiger partial charge is 0.358 e. The molecule has 1 aliphatic rings. The minimum absolute atomic E-state index is 0.237. The SMILES string of the molecule is C[C@H]1CCCCN1c1ccc(NC(=S)NCc2ccc(F)cc2)cn1. The van der Waals surface area contributed by atoms with Gasteiger partial charge < -0.3 is 15.5 Å². The predicted molar refractivity (Wildman–Crippen MR) is 104 cm³/mol. The lowest BCUT2D eigenvalue weighted by molar-refractivity contribution is 0.481. The zero-order chi connectivity index (χ0) is 17.6. The third-order valence-corrected chi connectivity index (χ3v) is 4.72. The van der Waals surface area contributed by atoms with E-state index in [9.17, 15) is 4.39 Å². The van der Waals surface area contributed by atoms with Gasteiger partial charge in [0, 0.05) is 19.1 Å². The summed E-state index contributed by atoms with van der Waals surface area (Å²) in [6, 6.07) is 10.9. The van der Waals surface area contributed by atoms with Gasteiger partial charge in [0.25, 0.3) is 0 Å². The Kier molecular flexibility index (Phi) is 5.81. The molecule has 0 aliphatic carbocycles. The van der Waals surface area contributed by atoms with Crippen molar-refractivity contribution in [2.75, 3.05) is 16.8 Å². The third kappa shape index (κ3) is 4.89. The molecule has 0 amide bonds. The Morgan fingerprint density at radius 3 is 2.72 bits per heavy atom. The fourth-order valence-electron chi connectivity index (χ4n) is 3.03. The Bertz CT molecular complexity index is 702. The van der Waals surface area contributed by atoms with Crippen LogP contribution in [-0.4, -0.2) is 22.7 Å². The van der Waals surface area contributed by atoms with Gasteiger partial charge in [-0.25, -0.2) is 9.37 Å². The second-order valence-corrected chi connectivity index (χ2v) is 6.79. The molecule has 132 valence electrons. The normalized spacial score (nSPS) is 17.2. The lowest BCUT2D eigenvalue weighted by Crippen LogP contribution is -2.37. The van der Waals surface area contributed by atoms with Crippen LogP contribution in [0.15, 0.2) is 42.6 Å². The number of benzene rings is 1. The molecule has 3 rings (SSSR count). The topological polar surface area (TPSA) is 40.2 Å². The molecule has 1 atom stereocenters. The molecule has 1 aliphatic heterocycles. The standard InChI is InChI=1S/C19H23FN4S/c1-14-4-2-3-11-24(14)18-10-9-17(13-21-18)23-19(25)22-12-15-5-7-16(20)8-6-15/h5-10,13-14H,2-4,11-12H2,1H3,(H2,22,23,25)/t14-/m0/s1. The van der Waals surface area contributed by atoms with Gasteiger partial charge in [-0.05, 0) is 68.2 Å². The third-order valence-electron chi connectivity index (χ3n) is 4.47. The predicted octanol–water partition coefficient (Wildman–Crippen LogP) is 4.09. The van der Waals surface area contributed by atoms with Crippen molar-refractivity contribution in [3.63, 3.8) is 0 Å². The fourth-order valence-corrected chi connectivity index (χ4v) is 3.22. The Labute approximate surface area is 153 Å². The summed E-state index contributed by atoms with van der Waals surface area (Å²) in [4.78, 5) is 6.93. The molecule has 1 aromatic carbocycles. The highest BCUT2D eigenvalue weighted by Gasteiger charge is 2.19. The average Bonchev–Trinajstić information content (AvgIpc) is 2.62. The van der Waals surface area contributed by atoms with Crippen LogP contribution in [0.25, 0.3) is 0 Å². The van der Waals surface area contributed by atoms with E-state index < -0.39 is 0 Å². The molecule has 1 aromatic heterocycles. The Morgan fingerprint density at radius 1 is 1.24 bits per heavy atom. The van der Waals surface area contributed by atoms with Crippen LogP contribution in [0.1, 0.15) is 31.7 Å². The zero-order valence-electron chi connectivity index (χ0n) is 14.3. The van der Waals surface area contributed by atoms with Gasteiger partial charge in [0.05, 0.1) is 11.9 Å². The molecule has 0 saturated carbocycles. The summed E-state index contributed by atoms with van der Waals surface area (Å²) in [5, 5.41) is 6.76. The average molecular weight is 358 g/mol. The maximum Gasteiger partial charge on any atom is 0.171 e. The van der Waals surface area contributed by atoms with Gasteiger partial charge in [0.1, 0.15) is 11.6 Å². The highest BCUT2D eigenvalue weighted by atomic mass is 32.1. The molecule has 4 nitrogen and oxygen atoms in total. The van der Waals surface area contributed by atoms with Crippen LogP contribution >= 0.6 is 12.2 Å². The van der Waals surface area contributed by atoms with Gasteiger partial charge in [0.2, 0.25) is 0 Å². The maximum absolute atomic E-state index is 12.9. The molecule has 0 radical (unpaired) electrons. The fraction of sp³-hybridized carbons (Fsp3) is 0.368. The Balaban J connectivity index is 1.52. The number of rotatable bonds is 4. The summed E-state index contributed by atoms with van der Waals surface area (Å²) in [6.45, 7) is 3.86. The molecule has 1 fully saturated rings. The van der Waals surface area contributed by atoms with Crippen molar-refractivity contribution in [2.45, 2.75) is 38.8 Å². The zero-order valence-corrected chi connectivity index (χ0v) is 15.2. The lowest BCUT2D eigenvalue weighted by atomic mass is 10.0. The number of thiocarbonyl (C=S) groups is 1. The lowest BCUT2D eigenvalue weighted by Gasteiger charge is -2.34. The van der Waals surface area contributed by atoms with Crippen molar-refractivity contribution in [1.29, 1.82) is 0 Å². The number of hydrogen-bond donors (Lipinski definition) is 2. The van der Waals surface area contributed by atoms with Gasteiger partial charge in [0.15, 0.2) is 5.11 Å². The minimum Gasteiger partial charge on any atom is -0.358 e. The van der Waals surface area contributed by atoms with E-state index in [1.54, 1.807) is 12.1 Å². The van der Waals surface area contributed by atoms with Crippen molar-refractivity contribution >= 4 is 28.8 Å². The van der Waals surface area contributed by atoms with E-state index in [-0.39, 0.29) is 5.82 Å². The Hall–Kier alpha value is -2.21. The van der Waals surface area contributed by atoms with E-state index in [1.807, 2.05) is 18.3 Å². The summed E-state index contributed by atoms with van der Waals surface area (Å²) >= 11 is 5.30. The number of nitrogens with zero attached hydrogens (tertiary/aromatic N) is 2. The van der Waals surface area contributed by atoms with Crippen molar-refractivity contribution in [2.24, 2.45) is 0 Å². The minimum atomic E-state index is -0.237. The quantitative estimate of drug-likeness (QED) is 0.806. The highest BCUT2D eigenvalue weighted by molar-refractivity contribution is 7.80. The number of nitrogens with one attached hydrogen (secondary N) is 2. The number of hydrogen-bond acceptors (Lipinski definition) is 3. The van der Waals surface area contributed by atoms with Crippen LogP contribution in [0, 0.1) is 5.82 Å². The van der Waals surface area contributed by atoms with Gasteiger partial charge in [-0.15, -0.1) is 0 Å². The smallest absolute Gasteiger partial charge is 0.171 e. The number of halogens is 1. The monoisotopic (exact) mass is 358 g/mol. The second-order valence-electron chi connectivity index (χ2n) is 6.38. The summed E-state index contributed by atoms with van der Waals surface area (Å²) in [5.74, 6) is 0.779. The van der Waals surface area contributed by atoms with E-state index in [0.717, 1.165) is 23.6 Å². The molecule has 6 heteroatoms. The highest BCUT2D eigenvalue weighted by Crippen LogP contribution is 2.23. The molecule has 25 heavy (non-hydrogen) atoms. The summed E-state index contributed by atoms with van der Waals surface area (Å²) in [5.41, 5.74) is 1.82. The summed E-state index contributed by atoms with van der Waals surface area (Å²) < 4.78 is 12.9. The molecule has 0 unspecified atom stereocenters.